The lowest BCUT2D eigenvalue weighted by Crippen LogP contribution is -2.49. The quantitative estimate of drug-likeness (QED) is 0.430. The zero-order valence-corrected chi connectivity index (χ0v) is 23.2. The number of carbonyl (C=O) groups excluding carboxylic acids is 1. The van der Waals surface area contributed by atoms with Gasteiger partial charge in [-0.25, -0.2) is 18.0 Å². The average molecular weight is 629 g/mol. The van der Waals surface area contributed by atoms with Crippen LogP contribution in [0.3, 0.4) is 0 Å². The molecule has 234 valence electrons. The highest BCUT2D eigenvalue weighted by Crippen LogP contribution is 2.38. The minimum Gasteiger partial charge on any atom is -0.475 e. The Labute approximate surface area is 237 Å². The smallest absolute Gasteiger partial charge is 0.475 e. The first-order valence-electron chi connectivity index (χ1n) is 12.7. The summed E-state index contributed by atoms with van der Waals surface area (Å²) in [6.07, 6.45) is -5.70. The third-order valence-electron chi connectivity index (χ3n) is 6.57. The number of hydrogen-bond donors (Lipinski definition) is 3. The molecule has 3 N–H and O–H groups in total. The number of anilines is 1. The average Bonchev–Trinajstić information content (AvgIpc) is 3.35. The molecule has 0 bridgehead atoms. The van der Waals surface area contributed by atoms with Gasteiger partial charge in [0.15, 0.2) is 5.82 Å². The van der Waals surface area contributed by atoms with Crippen molar-refractivity contribution in [1.82, 2.24) is 24.9 Å². The van der Waals surface area contributed by atoms with Gasteiger partial charge in [0.2, 0.25) is 10.0 Å². The van der Waals surface area contributed by atoms with Crippen LogP contribution in [0.4, 0.5) is 37.0 Å². The van der Waals surface area contributed by atoms with Crippen LogP contribution in [0.1, 0.15) is 35.4 Å². The predicted molar refractivity (Wildman–Crippen MR) is 138 cm³/mol. The fraction of sp³-hybridized carbons (Fsp3) is 0.542. The molecule has 0 aliphatic carbocycles. The summed E-state index contributed by atoms with van der Waals surface area (Å²) in [5.74, 6) is -2.81. The van der Waals surface area contributed by atoms with E-state index in [9.17, 15) is 39.6 Å². The highest BCUT2D eigenvalue weighted by atomic mass is 32.2. The van der Waals surface area contributed by atoms with Crippen LogP contribution in [-0.4, -0.2) is 96.8 Å². The van der Waals surface area contributed by atoms with Gasteiger partial charge < -0.3 is 15.3 Å². The number of carbonyl (C=O) groups is 2. The van der Waals surface area contributed by atoms with E-state index in [4.69, 9.17) is 9.90 Å². The number of amides is 1. The van der Waals surface area contributed by atoms with Gasteiger partial charge in [0.1, 0.15) is 0 Å². The number of rotatable bonds is 5. The number of nitrogens with one attached hydrogen (secondary N) is 2. The Morgan fingerprint density at radius 3 is 2.17 bits per heavy atom. The van der Waals surface area contributed by atoms with Crippen molar-refractivity contribution in [2.75, 3.05) is 50.2 Å². The summed E-state index contributed by atoms with van der Waals surface area (Å²) in [5.41, 5.74) is 0.657. The number of carboxylic acids is 1. The van der Waals surface area contributed by atoms with Gasteiger partial charge in [-0.3, -0.25) is 9.62 Å². The lowest BCUT2D eigenvalue weighted by atomic mass is 9.86. The van der Waals surface area contributed by atoms with Gasteiger partial charge in [-0.15, -0.1) is 5.10 Å². The van der Waals surface area contributed by atoms with Crippen molar-refractivity contribution in [3.8, 4) is 0 Å². The Morgan fingerprint density at radius 2 is 1.64 bits per heavy atom. The molecule has 1 aromatic carbocycles. The van der Waals surface area contributed by atoms with E-state index < -0.39 is 33.9 Å². The van der Waals surface area contributed by atoms with Crippen molar-refractivity contribution < 1.29 is 49.5 Å². The van der Waals surface area contributed by atoms with Crippen LogP contribution >= 0.6 is 0 Å². The van der Waals surface area contributed by atoms with E-state index in [0.717, 1.165) is 16.5 Å². The number of carboxylic acid groups (broad SMARTS) is 1. The van der Waals surface area contributed by atoms with Gasteiger partial charge in [-0.2, -0.15) is 31.0 Å². The Kier molecular flexibility index (Phi) is 10.5. The van der Waals surface area contributed by atoms with Gasteiger partial charge in [-0.05, 0) is 49.0 Å². The molecular formula is C24H30F6N6O5S. The van der Waals surface area contributed by atoms with Crippen LogP contribution in [0, 0.1) is 0 Å². The van der Waals surface area contributed by atoms with Crippen molar-refractivity contribution >= 4 is 27.8 Å². The predicted octanol–water partition coefficient (Wildman–Crippen LogP) is 3.16. The molecule has 4 rings (SSSR count). The van der Waals surface area contributed by atoms with Crippen molar-refractivity contribution in [1.29, 1.82) is 0 Å². The lowest BCUT2D eigenvalue weighted by Gasteiger charge is -2.34. The van der Waals surface area contributed by atoms with Crippen LogP contribution in [0.15, 0.2) is 30.5 Å². The highest BCUT2D eigenvalue weighted by molar-refractivity contribution is 7.92. The number of aromatic nitrogens is 2. The number of piperazine rings is 1. The number of nitrogens with zero attached hydrogens (tertiary/aromatic N) is 4. The number of hydrogen-bond acceptors (Lipinski definition) is 7. The summed E-state index contributed by atoms with van der Waals surface area (Å²) in [4.78, 5) is 25.3. The maximum absolute atomic E-state index is 13.6. The summed E-state index contributed by atoms with van der Waals surface area (Å²) >= 11 is 0. The SMILES string of the molecule is CS(=O)(=O)Nc1ccn(C(=O)N2CCN(Cc3ccc(C(F)(F)F)c(C4CCNCC4)c3)CC2)n1.O=C(O)C(F)(F)F. The van der Waals surface area contributed by atoms with E-state index >= 15 is 0 Å². The van der Waals surface area contributed by atoms with Gasteiger partial charge in [0.25, 0.3) is 0 Å². The van der Waals surface area contributed by atoms with Gasteiger partial charge in [0.05, 0.1) is 11.8 Å². The Morgan fingerprint density at radius 1 is 1.05 bits per heavy atom. The summed E-state index contributed by atoms with van der Waals surface area (Å²) in [7, 11) is -3.50. The molecule has 1 aromatic heterocycles. The summed E-state index contributed by atoms with van der Waals surface area (Å²) in [6, 6.07) is 5.49. The van der Waals surface area contributed by atoms with Crippen LogP contribution in [-0.2, 0) is 27.5 Å². The van der Waals surface area contributed by atoms with E-state index in [1.807, 2.05) is 0 Å². The van der Waals surface area contributed by atoms with Crippen molar-refractivity contribution in [2.45, 2.75) is 37.7 Å². The van der Waals surface area contributed by atoms with Gasteiger partial charge in [0, 0.05) is 45.0 Å². The normalized spacial score (nSPS) is 17.4. The Bertz CT molecular complexity index is 1350. The molecule has 0 atom stereocenters. The summed E-state index contributed by atoms with van der Waals surface area (Å²) < 4.78 is 98.6. The maximum Gasteiger partial charge on any atom is 0.490 e. The topological polar surface area (TPSA) is 137 Å². The van der Waals surface area contributed by atoms with Crippen molar-refractivity contribution in [2.24, 2.45) is 0 Å². The maximum atomic E-state index is 13.6. The summed E-state index contributed by atoms with van der Waals surface area (Å²) in [5, 5.41) is 14.3. The number of aliphatic carboxylic acids is 1. The molecule has 1 amide bonds. The fourth-order valence-corrected chi connectivity index (χ4v) is 5.10. The molecule has 11 nitrogen and oxygen atoms in total. The third kappa shape index (κ3) is 9.59. The van der Waals surface area contributed by atoms with E-state index in [1.165, 1.54) is 18.3 Å². The molecular weight excluding hydrogens is 598 g/mol. The third-order valence-corrected chi connectivity index (χ3v) is 7.15. The number of benzene rings is 1. The molecule has 2 aromatic rings. The molecule has 0 radical (unpaired) electrons. The first-order chi connectivity index (χ1) is 19.4. The van der Waals surface area contributed by atoms with Crippen molar-refractivity contribution in [3.63, 3.8) is 0 Å². The minimum atomic E-state index is -5.08. The molecule has 0 unspecified atom stereocenters. The molecule has 2 saturated heterocycles. The molecule has 0 spiro atoms. The van der Waals surface area contributed by atoms with E-state index in [0.29, 0.717) is 64.2 Å². The molecule has 3 heterocycles. The van der Waals surface area contributed by atoms with E-state index in [1.54, 1.807) is 17.0 Å². The molecule has 0 saturated carbocycles. The summed E-state index contributed by atoms with van der Waals surface area (Å²) in [6.45, 7) is 3.90. The standard InChI is InChI=1S/C22H29F3N6O3S.C2HF3O2/c1-35(33,34)28-20-6-9-31(27-20)21(32)30-12-10-29(11-13-30)15-16-2-3-19(22(23,24)25)18(14-16)17-4-7-26-8-5-17;3-2(4,5)1(6)7/h2-3,6,9,14,17,26H,4-5,7-8,10-13,15H2,1H3,(H,27,28);(H,6,7). The number of sulfonamides is 1. The molecule has 18 heteroatoms. The van der Waals surface area contributed by atoms with E-state index in [2.05, 4.69) is 20.0 Å². The second-order valence-electron chi connectivity index (χ2n) is 9.81. The Hall–Kier alpha value is -3.38. The molecule has 2 aliphatic heterocycles. The van der Waals surface area contributed by atoms with Crippen LogP contribution in [0.2, 0.25) is 0 Å². The first-order valence-corrected chi connectivity index (χ1v) is 14.6. The second-order valence-corrected chi connectivity index (χ2v) is 11.6. The van der Waals surface area contributed by atoms with Crippen LogP contribution < -0.4 is 10.0 Å². The van der Waals surface area contributed by atoms with Gasteiger partial charge >= 0.3 is 24.4 Å². The van der Waals surface area contributed by atoms with Crippen LogP contribution in [0.5, 0.6) is 0 Å². The lowest BCUT2D eigenvalue weighted by molar-refractivity contribution is -0.192. The number of piperidine rings is 1. The van der Waals surface area contributed by atoms with E-state index in [-0.39, 0.29) is 17.8 Å². The monoisotopic (exact) mass is 628 g/mol. The first kappa shape index (κ1) is 33.1. The number of alkyl halides is 6. The zero-order valence-electron chi connectivity index (χ0n) is 22.4. The Balaban J connectivity index is 0.000000616. The van der Waals surface area contributed by atoms with Gasteiger partial charge in [-0.1, -0.05) is 12.1 Å². The molecule has 2 aliphatic rings. The highest BCUT2D eigenvalue weighted by Gasteiger charge is 2.38. The fourth-order valence-electron chi connectivity index (χ4n) is 4.61. The largest absolute Gasteiger partial charge is 0.490 e. The minimum absolute atomic E-state index is 0.0614. The second kappa shape index (κ2) is 13.3. The zero-order chi connectivity index (χ0) is 31.3. The van der Waals surface area contributed by atoms with Crippen LogP contribution in [0.25, 0.3) is 0 Å². The van der Waals surface area contributed by atoms with Crippen molar-refractivity contribution in [3.05, 3.63) is 47.2 Å². The molecule has 2 fully saturated rings. The number of halogens is 6. The molecule has 42 heavy (non-hydrogen) atoms.